The van der Waals surface area contributed by atoms with E-state index in [0.29, 0.717) is 6.42 Å². The van der Waals surface area contributed by atoms with Gasteiger partial charge in [-0.1, -0.05) is 20.8 Å². The van der Waals surface area contributed by atoms with E-state index in [1.807, 2.05) is 6.92 Å². The maximum Gasteiger partial charge on any atom is 0.308 e. The van der Waals surface area contributed by atoms with E-state index in [4.69, 9.17) is 19.3 Å². The largest absolute Gasteiger partial charge is 0.463 e. The lowest BCUT2D eigenvalue weighted by Gasteiger charge is -2.30. The molecule has 0 aliphatic carbocycles. The van der Waals surface area contributed by atoms with Crippen molar-refractivity contribution in [3.63, 3.8) is 0 Å². The number of hydrogen-bond donors (Lipinski definition) is 1. The number of hydrogen-bond acceptors (Lipinski definition) is 7. The van der Waals surface area contributed by atoms with Gasteiger partial charge in [-0.05, 0) is 20.3 Å². The summed E-state index contributed by atoms with van der Waals surface area (Å²) in [5.74, 6) is -1.29. The number of ketones is 1. The molecule has 140 valence electrons. The lowest BCUT2D eigenvalue weighted by molar-refractivity contribution is -0.164. The van der Waals surface area contributed by atoms with Crippen LogP contribution in [-0.2, 0) is 28.6 Å². The quantitative estimate of drug-likeness (QED) is 0.536. The van der Waals surface area contributed by atoms with Gasteiger partial charge >= 0.3 is 11.9 Å². The van der Waals surface area contributed by atoms with Gasteiger partial charge < -0.3 is 19.3 Å². The first-order valence-electron chi connectivity index (χ1n) is 8.30. The molecule has 0 aromatic carbocycles. The fourth-order valence-corrected chi connectivity index (χ4v) is 1.90. The van der Waals surface area contributed by atoms with Crippen molar-refractivity contribution in [2.45, 2.75) is 65.6 Å². The molecule has 1 N–H and O–H groups in total. The third-order valence-electron chi connectivity index (χ3n) is 3.57. The lowest BCUT2D eigenvalue weighted by atomic mass is 9.93. The number of aliphatic hydroxyl groups excluding tert-OH is 1. The molecule has 0 bridgehead atoms. The van der Waals surface area contributed by atoms with Crippen LogP contribution >= 0.6 is 0 Å². The molecule has 0 fully saturated rings. The van der Waals surface area contributed by atoms with Crippen LogP contribution in [0, 0.1) is 5.92 Å². The van der Waals surface area contributed by atoms with E-state index in [1.54, 1.807) is 27.7 Å². The van der Waals surface area contributed by atoms with Crippen LogP contribution in [0.1, 0.15) is 53.9 Å². The summed E-state index contributed by atoms with van der Waals surface area (Å²) in [4.78, 5) is 35.2. The average molecular weight is 346 g/mol. The topological polar surface area (TPSA) is 99.1 Å². The van der Waals surface area contributed by atoms with E-state index < -0.39 is 17.7 Å². The molecule has 2 unspecified atom stereocenters. The van der Waals surface area contributed by atoms with Gasteiger partial charge in [0.25, 0.3) is 0 Å². The van der Waals surface area contributed by atoms with Crippen LogP contribution in [-0.4, -0.2) is 54.4 Å². The van der Waals surface area contributed by atoms with Crippen LogP contribution in [0.4, 0.5) is 0 Å². The minimum atomic E-state index is -1.05. The summed E-state index contributed by atoms with van der Waals surface area (Å²) in [6.45, 7) is 8.43. The molecule has 0 rings (SSSR count). The Morgan fingerprint density at radius 3 is 2.21 bits per heavy atom. The van der Waals surface area contributed by atoms with Crippen molar-refractivity contribution in [1.29, 1.82) is 0 Å². The van der Waals surface area contributed by atoms with Crippen LogP contribution in [0.2, 0.25) is 0 Å². The fourth-order valence-electron chi connectivity index (χ4n) is 1.90. The van der Waals surface area contributed by atoms with Crippen LogP contribution in [0.3, 0.4) is 0 Å². The van der Waals surface area contributed by atoms with Gasteiger partial charge in [0.1, 0.15) is 18.8 Å². The number of aliphatic hydroxyl groups is 1. The maximum absolute atomic E-state index is 12.4. The second-order valence-corrected chi connectivity index (χ2v) is 6.16. The van der Waals surface area contributed by atoms with Crippen LogP contribution in [0.5, 0.6) is 0 Å². The molecule has 0 amide bonds. The Balaban J connectivity index is 4.46. The zero-order chi connectivity index (χ0) is 18.8. The molecule has 24 heavy (non-hydrogen) atoms. The number of carbonyl (C=O) groups is 3. The summed E-state index contributed by atoms with van der Waals surface area (Å²) in [5.41, 5.74) is -1.05. The van der Waals surface area contributed by atoms with Crippen molar-refractivity contribution in [3.8, 4) is 0 Å². The summed E-state index contributed by atoms with van der Waals surface area (Å²) in [6, 6.07) is 0. The Bertz CT molecular complexity index is 419. The molecule has 0 aliphatic rings. The molecule has 7 nitrogen and oxygen atoms in total. The smallest absolute Gasteiger partial charge is 0.308 e. The van der Waals surface area contributed by atoms with Gasteiger partial charge in [0.15, 0.2) is 5.78 Å². The van der Waals surface area contributed by atoms with E-state index in [-0.39, 0.29) is 50.3 Å². The number of rotatable bonds is 12. The van der Waals surface area contributed by atoms with Crippen molar-refractivity contribution in [3.05, 3.63) is 0 Å². The van der Waals surface area contributed by atoms with Crippen LogP contribution in [0.15, 0.2) is 0 Å². The maximum atomic E-state index is 12.4. The average Bonchev–Trinajstić information content (AvgIpc) is 2.54. The summed E-state index contributed by atoms with van der Waals surface area (Å²) in [7, 11) is 0. The number of Topliss-reactive ketones (excluding diaryl/α,β-unsaturated/α-hetero) is 1. The monoisotopic (exact) mass is 346 g/mol. The van der Waals surface area contributed by atoms with E-state index in [1.165, 1.54) is 0 Å². The molecule has 0 heterocycles. The SMILES string of the molecule is CCC(C)(OC(C)COC(=O)C(C)C)C(=O)CCC(=O)OCCO. The lowest BCUT2D eigenvalue weighted by Crippen LogP contribution is -2.42. The van der Waals surface area contributed by atoms with Gasteiger partial charge in [0.2, 0.25) is 0 Å². The zero-order valence-corrected chi connectivity index (χ0v) is 15.3. The summed E-state index contributed by atoms with van der Waals surface area (Å²) in [6.07, 6.45) is -0.0790. The first-order chi connectivity index (χ1) is 11.2. The molecule has 7 heteroatoms. The van der Waals surface area contributed by atoms with Crippen LogP contribution < -0.4 is 0 Å². The van der Waals surface area contributed by atoms with E-state index in [0.717, 1.165) is 0 Å². The van der Waals surface area contributed by atoms with Gasteiger partial charge in [0, 0.05) is 6.42 Å². The van der Waals surface area contributed by atoms with Crippen molar-refractivity contribution in [1.82, 2.24) is 0 Å². The van der Waals surface area contributed by atoms with Gasteiger partial charge in [-0.25, -0.2) is 0 Å². The second kappa shape index (κ2) is 11.1. The number of esters is 2. The minimum absolute atomic E-state index is 0.00684. The Labute approximate surface area is 143 Å². The summed E-state index contributed by atoms with van der Waals surface area (Å²) >= 11 is 0. The van der Waals surface area contributed by atoms with Crippen molar-refractivity contribution < 1.29 is 33.7 Å². The van der Waals surface area contributed by atoms with Crippen molar-refractivity contribution >= 4 is 17.7 Å². The van der Waals surface area contributed by atoms with Crippen LogP contribution in [0.25, 0.3) is 0 Å². The molecule has 0 aromatic heterocycles. The normalized spacial score (nSPS) is 14.8. The summed E-state index contributed by atoms with van der Waals surface area (Å²) < 4.78 is 15.6. The number of carbonyl (C=O) groups excluding carboxylic acids is 3. The standard InChI is InChI=1S/C17H30O7/c1-6-17(5,14(19)7-8-15(20)22-10-9-18)24-13(4)11-23-16(21)12(2)3/h12-13,18H,6-11H2,1-5H3. The first-order valence-corrected chi connectivity index (χ1v) is 8.30. The highest BCUT2D eigenvalue weighted by Gasteiger charge is 2.34. The second-order valence-electron chi connectivity index (χ2n) is 6.16. The molecule has 0 radical (unpaired) electrons. The third kappa shape index (κ3) is 8.40. The Hall–Kier alpha value is -1.47. The first kappa shape index (κ1) is 22.5. The molecule has 0 saturated heterocycles. The highest BCUT2D eigenvalue weighted by Crippen LogP contribution is 2.22. The molecule has 0 spiro atoms. The zero-order valence-electron chi connectivity index (χ0n) is 15.3. The predicted molar refractivity (Wildman–Crippen MR) is 87.3 cm³/mol. The van der Waals surface area contributed by atoms with Gasteiger partial charge in [-0.2, -0.15) is 0 Å². The number of ether oxygens (including phenoxy) is 3. The van der Waals surface area contributed by atoms with E-state index in [9.17, 15) is 14.4 Å². The molecule has 0 saturated carbocycles. The van der Waals surface area contributed by atoms with Gasteiger partial charge in [0.05, 0.1) is 25.0 Å². The third-order valence-corrected chi connectivity index (χ3v) is 3.57. The predicted octanol–water partition coefficient (Wildman–Crippen LogP) is 1.64. The Kier molecular flexibility index (Phi) is 10.5. The van der Waals surface area contributed by atoms with Crippen molar-refractivity contribution in [2.75, 3.05) is 19.8 Å². The Morgan fingerprint density at radius 2 is 1.71 bits per heavy atom. The molecule has 0 aliphatic heterocycles. The molecular formula is C17H30O7. The minimum Gasteiger partial charge on any atom is -0.463 e. The van der Waals surface area contributed by atoms with E-state index in [2.05, 4.69) is 0 Å². The highest BCUT2D eigenvalue weighted by molar-refractivity contribution is 5.89. The molecule has 0 aromatic rings. The highest BCUT2D eigenvalue weighted by atomic mass is 16.6. The van der Waals surface area contributed by atoms with Crippen molar-refractivity contribution in [2.24, 2.45) is 5.92 Å². The Morgan fingerprint density at radius 1 is 1.08 bits per heavy atom. The van der Waals surface area contributed by atoms with E-state index >= 15 is 0 Å². The molecular weight excluding hydrogens is 316 g/mol. The summed E-state index contributed by atoms with van der Waals surface area (Å²) in [5, 5.41) is 8.58. The fraction of sp³-hybridized carbons (Fsp3) is 0.824. The molecule has 2 atom stereocenters. The van der Waals surface area contributed by atoms with Gasteiger partial charge in [-0.3, -0.25) is 14.4 Å². The van der Waals surface area contributed by atoms with Gasteiger partial charge in [-0.15, -0.1) is 0 Å².